The van der Waals surface area contributed by atoms with Crippen molar-refractivity contribution in [3.8, 4) is 0 Å². The summed E-state index contributed by atoms with van der Waals surface area (Å²) in [4.78, 5) is 0. The molecule has 0 fully saturated rings. The van der Waals surface area contributed by atoms with E-state index in [2.05, 4.69) is 23.0 Å². The second-order valence-corrected chi connectivity index (χ2v) is 6.66. The van der Waals surface area contributed by atoms with Crippen molar-refractivity contribution >= 4 is 10.0 Å². The van der Waals surface area contributed by atoms with Crippen LogP contribution in [0.1, 0.15) is 33.1 Å². The lowest BCUT2D eigenvalue weighted by Crippen LogP contribution is -2.32. The van der Waals surface area contributed by atoms with Crippen LogP contribution in [0, 0.1) is 5.92 Å². The lowest BCUT2D eigenvalue weighted by molar-refractivity contribution is 0.537. The van der Waals surface area contributed by atoms with Crippen LogP contribution < -0.4 is 10.0 Å². The third-order valence-electron chi connectivity index (χ3n) is 2.96. The van der Waals surface area contributed by atoms with E-state index in [9.17, 15) is 8.42 Å². The van der Waals surface area contributed by atoms with Gasteiger partial charge in [0.1, 0.15) is 0 Å². The van der Waals surface area contributed by atoms with Crippen LogP contribution in [0.3, 0.4) is 0 Å². The molecule has 1 rings (SSSR count). The highest BCUT2D eigenvalue weighted by Crippen LogP contribution is 2.08. The van der Waals surface area contributed by atoms with Crippen molar-refractivity contribution in [3.63, 3.8) is 0 Å². The maximum absolute atomic E-state index is 11.8. The molecule has 4 nitrogen and oxygen atoms in total. The van der Waals surface area contributed by atoms with Gasteiger partial charge >= 0.3 is 0 Å². The Bertz CT molecular complexity index is 350. The van der Waals surface area contributed by atoms with Crippen molar-refractivity contribution in [2.75, 3.05) is 25.4 Å². The lowest BCUT2D eigenvalue weighted by atomic mass is 10.1. The minimum absolute atomic E-state index is 0.236. The number of rotatable bonds is 7. The molecule has 0 aromatic carbocycles. The van der Waals surface area contributed by atoms with E-state index in [4.69, 9.17) is 0 Å². The van der Waals surface area contributed by atoms with Gasteiger partial charge in [-0.3, -0.25) is 0 Å². The maximum atomic E-state index is 11.8. The summed E-state index contributed by atoms with van der Waals surface area (Å²) >= 11 is 0. The fourth-order valence-electron chi connectivity index (χ4n) is 2.04. The average Bonchev–Trinajstić information content (AvgIpc) is 2.27. The van der Waals surface area contributed by atoms with E-state index in [1.54, 1.807) is 0 Å². The Labute approximate surface area is 105 Å². The van der Waals surface area contributed by atoms with Crippen LogP contribution in [-0.4, -0.2) is 33.8 Å². The molecule has 0 aromatic heterocycles. The van der Waals surface area contributed by atoms with Crippen LogP contribution in [0.15, 0.2) is 11.6 Å². The molecule has 1 unspecified atom stereocenters. The van der Waals surface area contributed by atoms with Gasteiger partial charge in [-0.2, -0.15) is 0 Å². The van der Waals surface area contributed by atoms with E-state index in [0.29, 0.717) is 6.54 Å². The van der Waals surface area contributed by atoms with Crippen LogP contribution in [0.25, 0.3) is 0 Å². The first-order chi connectivity index (χ1) is 8.03. The Balaban J connectivity index is 2.36. The van der Waals surface area contributed by atoms with E-state index in [0.717, 1.165) is 32.4 Å². The average molecular weight is 260 g/mol. The minimum Gasteiger partial charge on any atom is -0.313 e. The molecule has 1 aliphatic rings. The number of sulfonamides is 1. The quantitative estimate of drug-likeness (QED) is 0.678. The van der Waals surface area contributed by atoms with Gasteiger partial charge in [-0.05, 0) is 25.3 Å². The number of hydrogen-bond acceptors (Lipinski definition) is 3. The van der Waals surface area contributed by atoms with Crippen molar-refractivity contribution in [1.82, 2.24) is 10.0 Å². The van der Waals surface area contributed by atoms with Crippen LogP contribution in [0.2, 0.25) is 0 Å². The van der Waals surface area contributed by atoms with Crippen molar-refractivity contribution in [1.29, 1.82) is 0 Å². The highest BCUT2D eigenvalue weighted by atomic mass is 32.2. The molecule has 0 saturated carbocycles. The molecule has 0 saturated heterocycles. The molecule has 1 heterocycles. The predicted octanol–water partition coefficient (Wildman–Crippen LogP) is 1.26. The largest absolute Gasteiger partial charge is 0.313 e. The SMILES string of the molecule is CCCC(C)CS(=O)(=O)NCC1=CCNCC1. The first-order valence-corrected chi connectivity index (χ1v) is 8.04. The van der Waals surface area contributed by atoms with Crippen LogP contribution in [0.5, 0.6) is 0 Å². The van der Waals surface area contributed by atoms with Gasteiger partial charge in [0.25, 0.3) is 0 Å². The van der Waals surface area contributed by atoms with Gasteiger partial charge in [0.15, 0.2) is 0 Å². The molecule has 100 valence electrons. The molecule has 1 atom stereocenters. The molecular weight excluding hydrogens is 236 g/mol. The molecule has 0 radical (unpaired) electrons. The molecule has 0 amide bonds. The van der Waals surface area contributed by atoms with Crippen molar-refractivity contribution in [2.24, 2.45) is 5.92 Å². The molecule has 0 spiro atoms. The zero-order valence-corrected chi connectivity index (χ0v) is 11.6. The summed E-state index contributed by atoms with van der Waals surface area (Å²) in [5, 5.41) is 3.21. The van der Waals surface area contributed by atoms with Gasteiger partial charge < -0.3 is 5.32 Å². The van der Waals surface area contributed by atoms with E-state index < -0.39 is 10.0 Å². The number of nitrogens with one attached hydrogen (secondary N) is 2. The van der Waals surface area contributed by atoms with Crippen molar-refractivity contribution < 1.29 is 8.42 Å². The predicted molar refractivity (Wildman–Crippen MR) is 71.4 cm³/mol. The molecule has 17 heavy (non-hydrogen) atoms. The zero-order valence-electron chi connectivity index (χ0n) is 10.8. The lowest BCUT2D eigenvalue weighted by Gasteiger charge is -2.16. The Hall–Kier alpha value is -0.390. The summed E-state index contributed by atoms with van der Waals surface area (Å²) in [6, 6.07) is 0. The third kappa shape index (κ3) is 6.19. The maximum Gasteiger partial charge on any atom is 0.212 e. The zero-order chi connectivity index (χ0) is 12.7. The fourth-order valence-corrected chi connectivity index (χ4v) is 3.48. The Kier molecular flexibility index (Phi) is 6.16. The first kappa shape index (κ1) is 14.7. The monoisotopic (exact) mass is 260 g/mol. The van der Waals surface area contributed by atoms with Gasteiger partial charge in [-0.1, -0.05) is 31.9 Å². The van der Waals surface area contributed by atoms with E-state index >= 15 is 0 Å². The molecule has 5 heteroatoms. The van der Waals surface area contributed by atoms with E-state index in [-0.39, 0.29) is 11.7 Å². The molecule has 1 aliphatic heterocycles. The second kappa shape index (κ2) is 7.13. The smallest absolute Gasteiger partial charge is 0.212 e. The van der Waals surface area contributed by atoms with Crippen molar-refractivity contribution in [3.05, 3.63) is 11.6 Å². The molecular formula is C12H24N2O2S. The summed E-state index contributed by atoms with van der Waals surface area (Å²) in [5.41, 5.74) is 1.19. The fraction of sp³-hybridized carbons (Fsp3) is 0.833. The van der Waals surface area contributed by atoms with Gasteiger partial charge in [-0.15, -0.1) is 0 Å². The topological polar surface area (TPSA) is 58.2 Å². The summed E-state index contributed by atoms with van der Waals surface area (Å²) in [6.45, 7) is 6.34. The molecule has 0 aliphatic carbocycles. The van der Waals surface area contributed by atoms with Gasteiger partial charge in [0.2, 0.25) is 10.0 Å². The normalized spacial score (nSPS) is 18.8. The van der Waals surface area contributed by atoms with Gasteiger partial charge in [0, 0.05) is 13.1 Å². The molecule has 2 N–H and O–H groups in total. The molecule has 0 aromatic rings. The Morgan fingerprint density at radius 2 is 2.29 bits per heavy atom. The highest BCUT2D eigenvalue weighted by molar-refractivity contribution is 7.89. The minimum atomic E-state index is -3.11. The Morgan fingerprint density at radius 1 is 1.53 bits per heavy atom. The van der Waals surface area contributed by atoms with Crippen molar-refractivity contribution in [2.45, 2.75) is 33.1 Å². The van der Waals surface area contributed by atoms with Gasteiger partial charge in [0.05, 0.1) is 5.75 Å². The molecule has 0 bridgehead atoms. The van der Waals surface area contributed by atoms with Crippen LogP contribution >= 0.6 is 0 Å². The van der Waals surface area contributed by atoms with E-state index in [1.165, 1.54) is 5.57 Å². The summed E-state index contributed by atoms with van der Waals surface area (Å²) in [7, 11) is -3.11. The van der Waals surface area contributed by atoms with Crippen LogP contribution in [0.4, 0.5) is 0 Å². The van der Waals surface area contributed by atoms with Crippen LogP contribution in [-0.2, 0) is 10.0 Å². The standard InChI is InChI=1S/C12H24N2O2S/c1-3-4-11(2)10-17(15,16)14-9-12-5-7-13-8-6-12/h5,11,13-14H,3-4,6-10H2,1-2H3. The Morgan fingerprint density at radius 3 is 2.88 bits per heavy atom. The summed E-state index contributed by atoms with van der Waals surface area (Å²) in [6.07, 6.45) is 5.01. The first-order valence-electron chi connectivity index (χ1n) is 6.39. The second-order valence-electron chi connectivity index (χ2n) is 4.81. The number of hydrogen-bond donors (Lipinski definition) is 2. The van der Waals surface area contributed by atoms with E-state index in [1.807, 2.05) is 6.92 Å². The third-order valence-corrected chi connectivity index (χ3v) is 4.55. The van der Waals surface area contributed by atoms with Gasteiger partial charge in [-0.25, -0.2) is 13.1 Å². The summed E-state index contributed by atoms with van der Waals surface area (Å²) < 4.78 is 26.3. The highest BCUT2D eigenvalue weighted by Gasteiger charge is 2.15. The summed E-state index contributed by atoms with van der Waals surface area (Å²) in [5.74, 6) is 0.478.